The molecule has 1 aromatic heterocycles. The number of halogens is 1. The standard InChI is InChI=1S/C18H17ClN4OS/c19-13-2-1-3-14(11-13)22-6-8-23(9-7-22)17(24)12-4-5-15-16(10-12)25-18(20)21-15/h1-5,10-11H,6-9H2,(H2,20,21). The minimum atomic E-state index is 0.0552. The van der Waals surface area contributed by atoms with Crippen molar-refractivity contribution >= 4 is 49.9 Å². The number of thiazole rings is 1. The first-order chi connectivity index (χ1) is 12.1. The highest BCUT2D eigenvalue weighted by molar-refractivity contribution is 7.22. The summed E-state index contributed by atoms with van der Waals surface area (Å²) in [7, 11) is 0. The van der Waals surface area contributed by atoms with Gasteiger partial charge in [0, 0.05) is 42.5 Å². The van der Waals surface area contributed by atoms with Gasteiger partial charge in [0.2, 0.25) is 0 Å². The summed E-state index contributed by atoms with van der Waals surface area (Å²) in [5, 5.41) is 1.25. The number of piperazine rings is 1. The van der Waals surface area contributed by atoms with Gasteiger partial charge in [-0.25, -0.2) is 4.98 Å². The number of nitrogens with two attached hydrogens (primary N) is 1. The molecular weight excluding hydrogens is 356 g/mol. The van der Waals surface area contributed by atoms with E-state index in [0.717, 1.165) is 34.0 Å². The van der Waals surface area contributed by atoms with E-state index in [1.54, 1.807) is 0 Å². The van der Waals surface area contributed by atoms with E-state index >= 15 is 0 Å². The summed E-state index contributed by atoms with van der Waals surface area (Å²) in [5.74, 6) is 0.0552. The number of aromatic nitrogens is 1. The van der Waals surface area contributed by atoms with Crippen molar-refractivity contribution in [3.63, 3.8) is 0 Å². The molecule has 25 heavy (non-hydrogen) atoms. The highest BCUT2D eigenvalue weighted by Crippen LogP contribution is 2.26. The molecule has 1 saturated heterocycles. The van der Waals surface area contributed by atoms with Crippen molar-refractivity contribution in [3.05, 3.63) is 53.1 Å². The maximum absolute atomic E-state index is 12.8. The Morgan fingerprint density at radius 1 is 1.12 bits per heavy atom. The van der Waals surface area contributed by atoms with Crippen LogP contribution in [0.3, 0.4) is 0 Å². The topological polar surface area (TPSA) is 62.5 Å². The second kappa shape index (κ2) is 6.54. The Balaban J connectivity index is 1.46. The van der Waals surface area contributed by atoms with Crippen LogP contribution in [0.15, 0.2) is 42.5 Å². The van der Waals surface area contributed by atoms with E-state index in [1.165, 1.54) is 11.3 Å². The van der Waals surface area contributed by atoms with Crippen LogP contribution in [0.2, 0.25) is 5.02 Å². The molecule has 2 N–H and O–H groups in total. The molecule has 0 atom stereocenters. The largest absolute Gasteiger partial charge is 0.375 e. The fourth-order valence-corrected chi connectivity index (χ4v) is 4.06. The number of fused-ring (bicyclic) bond motifs is 1. The molecule has 1 amide bonds. The van der Waals surface area contributed by atoms with Gasteiger partial charge in [0.15, 0.2) is 5.13 Å². The number of nitrogens with zero attached hydrogens (tertiary/aromatic N) is 3. The van der Waals surface area contributed by atoms with E-state index < -0.39 is 0 Å². The zero-order valence-electron chi connectivity index (χ0n) is 13.5. The molecule has 1 fully saturated rings. The molecule has 0 bridgehead atoms. The van der Waals surface area contributed by atoms with E-state index in [-0.39, 0.29) is 5.91 Å². The minimum Gasteiger partial charge on any atom is -0.375 e. The zero-order valence-corrected chi connectivity index (χ0v) is 15.1. The minimum absolute atomic E-state index is 0.0552. The van der Waals surface area contributed by atoms with Crippen LogP contribution in [-0.4, -0.2) is 42.0 Å². The SMILES string of the molecule is Nc1nc2ccc(C(=O)N3CCN(c4cccc(Cl)c4)CC3)cc2s1. The van der Waals surface area contributed by atoms with Gasteiger partial charge < -0.3 is 15.5 Å². The number of anilines is 2. The lowest BCUT2D eigenvalue weighted by atomic mass is 10.1. The summed E-state index contributed by atoms with van der Waals surface area (Å²) >= 11 is 7.47. The Morgan fingerprint density at radius 3 is 2.68 bits per heavy atom. The van der Waals surface area contributed by atoms with E-state index in [9.17, 15) is 4.79 Å². The molecule has 3 aromatic rings. The van der Waals surface area contributed by atoms with Gasteiger partial charge in [-0.05, 0) is 36.4 Å². The Bertz CT molecular complexity index is 934. The molecule has 2 aromatic carbocycles. The van der Waals surface area contributed by atoms with E-state index in [0.29, 0.717) is 23.8 Å². The van der Waals surface area contributed by atoms with Gasteiger partial charge in [-0.3, -0.25) is 4.79 Å². The molecule has 0 radical (unpaired) electrons. The Hall–Kier alpha value is -2.31. The summed E-state index contributed by atoms with van der Waals surface area (Å²) in [6, 6.07) is 13.4. The third-order valence-corrected chi connectivity index (χ3v) is 5.47. The van der Waals surface area contributed by atoms with Crippen molar-refractivity contribution in [1.82, 2.24) is 9.88 Å². The molecule has 1 aliphatic rings. The first-order valence-electron chi connectivity index (χ1n) is 8.06. The normalized spacial score (nSPS) is 14.9. The van der Waals surface area contributed by atoms with Gasteiger partial charge >= 0.3 is 0 Å². The molecule has 0 spiro atoms. The molecule has 128 valence electrons. The fraction of sp³-hybridized carbons (Fsp3) is 0.222. The second-order valence-electron chi connectivity index (χ2n) is 5.99. The second-order valence-corrected chi connectivity index (χ2v) is 7.49. The molecule has 4 rings (SSSR count). The molecule has 0 saturated carbocycles. The van der Waals surface area contributed by atoms with Crippen molar-refractivity contribution in [2.24, 2.45) is 0 Å². The van der Waals surface area contributed by atoms with Crippen molar-refractivity contribution in [2.45, 2.75) is 0 Å². The number of carbonyl (C=O) groups is 1. The fourth-order valence-electron chi connectivity index (χ4n) is 3.10. The monoisotopic (exact) mass is 372 g/mol. The lowest BCUT2D eigenvalue weighted by Gasteiger charge is -2.36. The van der Waals surface area contributed by atoms with E-state index in [2.05, 4.69) is 9.88 Å². The Labute approximate surface area is 154 Å². The van der Waals surface area contributed by atoms with Crippen LogP contribution in [0.4, 0.5) is 10.8 Å². The molecule has 1 aliphatic heterocycles. The Kier molecular flexibility index (Phi) is 4.23. The van der Waals surface area contributed by atoms with Gasteiger partial charge in [0.05, 0.1) is 10.2 Å². The van der Waals surface area contributed by atoms with Gasteiger partial charge in [0.1, 0.15) is 0 Å². The number of rotatable bonds is 2. The molecule has 0 unspecified atom stereocenters. The smallest absolute Gasteiger partial charge is 0.254 e. The van der Waals surface area contributed by atoms with E-state index in [4.69, 9.17) is 17.3 Å². The van der Waals surface area contributed by atoms with Crippen LogP contribution in [-0.2, 0) is 0 Å². The molecule has 7 heteroatoms. The first kappa shape index (κ1) is 16.2. The number of nitrogen functional groups attached to an aromatic ring is 1. The number of hydrogen-bond donors (Lipinski definition) is 1. The van der Waals surface area contributed by atoms with Crippen LogP contribution in [0.25, 0.3) is 10.2 Å². The molecule has 5 nitrogen and oxygen atoms in total. The average molecular weight is 373 g/mol. The summed E-state index contributed by atoms with van der Waals surface area (Å²) in [5.41, 5.74) is 8.36. The Morgan fingerprint density at radius 2 is 1.92 bits per heavy atom. The van der Waals surface area contributed by atoms with Crippen LogP contribution in [0.1, 0.15) is 10.4 Å². The van der Waals surface area contributed by atoms with Crippen molar-refractivity contribution < 1.29 is 4.79 Å². The number of benzene rings is 2. The first-order valence-corrected chi connectivity index (χ1v) is 9.25. The summed E-state index contributed by atoms with van der Waals surface area (Å²) < 4.78 is 0.945. The van der Waals surface area contributed by atoms with Crippen LogP contribution in [0, 0.1) is 0 Å². The van der Waals surface area contributed by atoms with Crippen molar-refractivity contribution in [1.29, 1.82) is 0 Å². The maximum atomic E-state index is 12.8. The van der Waals surface area contributed by atoms with Gasteiger partial charge in [0.25, 0.3) is 5.91 Å². The van der Waals surface area contributed by atoms with Crippen LogP contribution >= 0.6 is 22.9 Å². The molecule has 0 aliphatic carbocycles. The third-order valence-electron chi connectivity index (χ3n) is 4.39. The lowest BCUT2D eigenvalue weighted by molar-refractivity contribution is 0.0747. The maximum Gasteiger partial charge on any atom is 0.254 e. The van der Waals surface area contributed by atoms with Crippen LogP contribution in [0.5, 0.6) is 0 Å². The summed E-state index contributed by atoms with van der Waals surface area (Å²) in [6.07, 6.45) is 0. The van der Waals surface area contributed by atoms with Gasteiger partial charge in [-0.2, -0.15) is 0 Å². The number of carbonyl (C=O) groups excluding carboxylic acids is 1. The van der Waals surface area contributed by atoms with Gasteiger partial charge in [-0.15, -0.1) is 0 Å². The predicted octanol–water partition coefficient (Wildman–Crippen LogP) is 3.49. The molecule has 2 heterocycles. The van der Waals surface area contributed by atoms with Crippen molar-refractivity contribution in [2.75, 3.05) is 36.8 Å². The third kappa shape index (κ3) is 3.27. The highest BCUT2D eigenvalue weighted by atomic mass is 35.5. The number of amides is 1. The summed E-state index contributed by atoms with van der Waals surface area (Å²) in [4.78, 5) is 21.2. The molecular formula is C18H17ClN4OS. The predicted molar refractivity (Wildman–Crippen MR) is 104 cm³/mol. The van der Waals surface area contributed by atoms with E-state index in [1.807, 2.05) is 47.4 Å². The average Bonchev–Trinajstić information content (AvgIpc) is 3.00. The van der Waals surface area contributed by atoms with Crippen LogP contribution < -0.4 is 10.6 Å². The lowest BCUT2D eigenvalue weighted by Crippen LogP contribution is -2.48. The van der Waals surface area contributed by atoms with Gasteiger partial charge in [-0.1, -0.05) is 29.0 Å². The zero-order chi connectivity index (χ0) is 17.4. The highest BCUT2D eigenvalue weighted by Gasteiger charge is 2.22. The number of hydrogen-bond acceptors (Lipinski definition) is 5. The summed E-state index contributed by atoms with van der Waals surface area (Å²) in [6.45, 7) is 2.96. The quantitative estimate of drug-likeness (QED) is 0.747. The van der Waals surface area contributed by atoms with Crippen molar-refractivity contribution in [3.8, 4) is 0 Å².